The van der Waals surface area contributed by atoms with Crippen molar-refractivity contribution in [3.63, 3.8) is 0 Å². The normalized spacial score (nSPS) is 26.6. The summed E-state index contributed by atoms with van der Waals surface area (Å²) >= 11 is 0. The Morgan fingerprint density at radius 1 is 1.35 bits per heavy atom. The van der Waals surface area contributed by atoms with Crippen molar-refractivity contribution < 1.29 is 23.1 Å². The van der Waals surface area contributed by atoms with Crippen molar-refractivity contribution in [2.24, 2.45) is 5.92 Å². The molecule has 2 rings (SSSR count). The first kappa shape index (κ1) is 15.2. The molecule has 0 spiro atoms. The van der Waals surface area contributed by atoms with Crippen LogP contribution in [0.2, 0.25) is 0 Å². The van der Waals surface area contributed by atoms with Gasteiger partial charge in [-0.2, -0.15) is 0 Å². The van der Waals surface area contributed by atoms with Gasteiger partial charge in [-0.3, -0.25) is 14.9 Å². The Balaban J connectivity index is 1.82. The largest absolute Gasteiger partial charge is 0.466 e. The van der Waals surface area contributed by atoms with E-state index in [4.69, 9.17) is 4.74 Å². The fourth-order valence-corrected chi connectivity index (χ4v) is 2.71. The van der Waals surface area contributed by atoms with E-state index in [1.807, 2.05) is 0 Å². The van der Waals surface area contributed by atoms with Gasteiger partial charge in [0.15, 0.2) is 0 Å². The second-order valence-electron chi connectivity index (χ2n) is 5.35. The van der Waals surface area contributed by atoms with Crippen LogP contribution in [-0.2, 0) is 14.3 Å². The first-order valence-electron chi connectivity index (χ1n) is 6.99. The minimum atomic E-state index is -2.80. The third kappa shape index (κ3) is 3.45. The molecule has 1 atom stereocenters. The first-order valence-corrected chi connectivity index (χ1v) is 6.99. The molecular formula is C13H20F2N2O3. The number of likely N-dealkylation sites (tertiary alicyclic amines) is 1. The average Bonchev–Trinajstić information content (AvgIpc) is 2.79. The number of carbonyl (C=O) groups is 2. The summed E-state index contributed by atoms with van der Waals surface area (Å²) in [5, 5.41) is 2.57. The molecule has 0 aromatic rings. The van der Waals surface area contributed by atoms with Gasteiger partial charge in [-0.25, -0.2) is 8.78 Å². The molecular weight excluding hydrogens is 270 g/mol. The average molecular weight is 290 g/mol. The lowest BCUT2D eigenvalue weighted by Crippen LogP contribution is -2.47. The van der Waals surface area contributed by atoms with Crippen LogP contribution in [0.15, 0.2) is 0 Å². The molecule has 20 heavy (non-hydrogen) atoms. The van der Waals surface area contributed by atoms with E-state index in [1.165, 1.54) is 0 Å². The molecule has 0 radical (unpaired) electrons. The van der Waals surface area contributed by atoms with Gasteiger partial charge >= 0.3 is 5.97 Å². The number of hydrogen-bond acceptors (Lipinski definition) is 4. The van der Waals surface area contributed by atoms with E-state index in [0.29, 0.717) is 32.5 Å². The molecule has 2 fully saturated rings. The molecule has 1 unspecified atom stereocenters. The zero-order chi connectivity index (χ0) is 14.8. The minimum absolute atomic E-state index is 0.183. The van der Waals surface area contributed by atoms with Gasteiger partial charge in [0.05, 0.1) is 25.1 Å². The SMILES string of the molecule is CCOC(=O)C1CCN(C(=O)C2CC(F)(F)CN2)CC1. The molecule has 1 amide bonds. The Hall–Kier alpha value is -1.24. The van der Waals surface area contributed by atoms with E-state index in [-0.39, 0.29) is 17.8 Å². The third-order valence-corrected chi connectivity index (χ3v) is 3.83. The maximum absolute atomic E-state index is 13.1. The molecule has 5 nitrogen and oxygen atoms in total. The number of piperidine rings is 1. The van der Waals surface area contributed by atoms with Crippen molar-refractivity contribution in [2.45, 2.75) is 38.2 Å². The number of ether oxygens (including phenoxy) is 1. The molecule has 1 N–H and O–H groups in total. The van der Waals surface area contributed by atoms with Crippen molar-refractivity contribution in [3.8, 4) is 0 Å². The van der Waals surface area contributed by atoms with Gasteiger partial charge in [-0.05, 0) is 19.8 Å². The summed E-state index contributed by atoms with van der Waals surface area (Å²) in [5.74, 6) is -3.50. The summed E-state index contributed by atoms with van der Waals surface area (Å²) in [6.07, 6.45) is 0.630. The maximum atomic E-state index is 13.1. The van der Waals surface area contributed by atoms with Crippen LogP contribution in [0.3, 0.4) is 0 Å². The van der Waals surface area contributed by atoms with Crippen molar-refractivity contribution in [1.29, 1.82) is 0 Å². The van der Waals surface area contributed by atoms with Crippen LogP contribution < -0.4 is 5.32 Å². The van der Waals surface area contributed by atoms with Crippen molar-refractivity contribution >= 4 is 11.9 Å². The first-order chi connectivity index (χ1) is 9.43. The number of nitrogens with zero attached hydrogens (tertiary/aromatic N) is 1. The molecule has 7 heteroatoms. The highest BCUT2D eigenvalue weighted by Crippen LogP contribution is 2.27. The van der Waals surface area contributed by atoms with E-state index in [9.17, 15) is 18.4 Å². The Bertz CT molecular complexity index is 382. The lowest BCUT2D eigenvalue weighted by Gasteiger charge is -2.32. The van der Waals surface area contributed by atoms with Gasteiger partial charge < -0.3 is 9.64 Å². The lowest BCUT2D eigenvalue weighted by atomic mass is 9.96. The third-order valence-electron chi connectivity index (χ3n) is 3.83. The van der Waals surface area contributed by atoms with E-state index in [0.717, 1.165) is 0 Å². The van der Waals surface area contributed by atoms with E-state index < -0.39 is 24.9 Å². The van der Waals surface area contributed by atoms with Crippen LogP contribution in [-0.4, -0.2) is 55.0 Å². The quantitative estimate of drug-likeness (QED) is 0.781. The standard InChI is InChI=1S/C13H20F2N2O3/c1-2-20-12(19)9-3-5-17(6-4-9)11(18)10-7-13(14,15)8-16-10/h9-10,16H,2-8H2,1H3. The van der Waals surface area contributed by atoms with Gasteiger partial charge in [0.2, 0.25) is 5.91 Å². The molecule has 0 bridgehead atoms. The Kier molecular flexibility index (Phi) is 4.57. The number of nitrogens with one attached hydrogen (secondary N) is 1. The van der Waals surface area contributed by atoms with Crippen LogP contribution in [0.25, 0.3) is 0 Å². The van der Waals surface area contributed by atoms with Gasteiger partial charge in [-0.1, -0.05) is 0 Å². The Labute approximate surface area is 116 Å². The van der Waals surface area contributed by atoms with Gasteiger partial charge in [0.1, 0.15) is 0 Å². The van der Waals surface area contributed by atoms with Crippen LogP contribution in [0.5, 0.6) is 0 Å². The van der Waals surface area contributed by atoms with Crippen molar-refractivity contribution in [2.75, 3.05) is 26.2 Å². The van der Waals surface area contributed by atoms with Crippen LogP contribution >= 0.6 is 0 Å². The molecule has 2 aliphatic heterocycles. The molecule has 114 valence electrons. The number of carbonyl (C=O) groups excluding carboxylic acids is 2. The van der Waals surface area contributed by atoms with Crippen LogP contribution in [0, 0.1) is 5.92 Å². The summed E-state index contributed by atoms with van der Waals surface area (Å²) in [4.78, 5) is 25.2. The molecule has 2 saturated heterocycles. The number of hydrogen-bond donors (Lipinski definition) is 1. The van der Waals surface area contributed by atoms with E-state index >= 15 is 0 Å². The van der Waals surface area contributed by atoms with Crippen LogP contribution in [0.1, 0.15) is 26.2 Å². The van der Waals surface area contributed by atoms with Gasteiger partial charge in [-0.15, -0.1) is 0 Å². The highest BCUT2D eigenvalue weighted by atomic mass is 19.3. The fraction of sp³-hybridized carbons (Fsp3) is 0.846. The summed E-state index contributed by atoms with van der Waals surface area (Å²) in [5.41, 5.74) is 0. The lowest BCUT2D eigenvalue weighted by molar-refractivity contribution is -0.151. The smallest absolute Gasteiger partial charge is 0.309 e. The highest BCUT2D eigenvalue weighted by molar-refractivity contribution is 5.83. The molecule has 2 aliphatic rings. The second kappa shape index (κ2) is 6.03. The number of alkyl halides is 2. The number of amides is 1. The zero-order valence-electron chi connectivity index (χ0n) is 11.5. The zero-order valence-corrected chi connectivity index (χ0v) is 11.5. The molecule has 2 heterocycles. The maximum Gasteiger partial charge on any atom is 0.309 e. The fourth-order valence-electron chi connectivity index (χ4n) is 2.71. The minimum Gasteiger partial charge on any atom is -0.466 e. The summed E-state index contributed by atoms with van der Waals surface area (Å²) in [7, 11) is 0. The molecule has 0 saturated carbocycles. The van der Waals surface area contributed by atoms with Crippen LogP contribution in [0.4, 0.5) is 8.78 Å². The summed E-state index contributed by atoms with van der Waals surface area (Å²) in [6.45, 7) is 2.50. The number of rotatable bonds is 3. The number of esters is 1. The van der Waals surface area contributed by atoms with E-state index in [2.05, 4.69) is 5.32 Å². The van der Waals surface area contributed by atoms with Crippen molar-refractivity contribution in [3.05, 3.63) is 0 Å². The molecule has 0 aliphatic carbocycles. The monoisotopic (exact) mass is 290 g/mol. The predicted octanol–water partition coefficient (Wildman–Crippen LogP) is 0.785. The predicted molar refractivity (Wildman–Crippen MR) is 67.3 cm³/mol. The van der Waals surface area contributed by atoms with Gasteiger partial charge in [0.25, 0.3) is 5.92 Å². The molecule has 0 aromatic carbocycles. The van der Waals surface area contributed by atoms with E-state index in [1.54, 1.807) is 11.8 Å². The second-order valence-corrected chi connectivity index (χ2v) is 5.35. The molecule has 0 aromatic heterocycles. The topological polar surface area (TPSA) is 58.6 Å². The summed E-state index contributed by atoms with van der Waals surface area (Å²) in [6, 6.07) is -0.802. The highest BCUT2D eigenvalue weighted by Gasteiger charge is 2.44. The Morgan fingerprint density at radius 2 is 2.00 bits per heavy atom. The number of halogens is 2. The van der Waals surface area contributed by atoms with Gasteiger partial charge in [0, 0.05) is 19.5 Å². The Morgan fingerprint density at radius 3 is 2.50 bits per heavy atom. The summed E-state index contributed by atoms with van der Waals surface area (Å²) < 4.78 is 31.1. The van der Waals surface area contributed by atoms with Crippen molar-refractivity contribution in [1.82, 2.24) is 10.2 Å².